The van der Waals surface area contributed by atoms with Crippen LogP contribution < -0.4 is 10.6 Å². The molecule has 2 rings (SSSR count). The Labute approximate surface area is 79.6 Å². The molecule has 0 aliphatic carbocycles. The normalized spacial score (nSPS) is 37.6. The zero-order valence-corrected chi connectivity index (χ0v) is 8.25. The molecular weight excluding hydrogens is 166 g/mol. The van der Waals surface area contributed by atoms with Crippen molar-refractivity contribution < 1.29 is 4.74 Å². The Kier molecular flexibility index (Phi) is 3.16. The number of ether oxygens (including phenoxy) is 1. The van der Waals surface area contributed by atoms with Crippen LogP contribution in [0.1, 0.15) is 0 Å². The molecule has 76 valence electrons. The maximum absolute atomic E-state index is 5.47. The van der Waals surface area contributed by atoms with E-state index in [1.165, 1.54) is 0 Å². The van der Waals surface area contributed by atoms with Gasteiger partial charge in [-0.15, -0.1) is 0 Å². The van der Waals surface area contributed by atoms with Crippen LogP contribution >= 0.6 is 0 Å². The average molecular weight is 185 g/mol. The van der Waals surface area contributed by atoms with Gasteiger partial charge in [0.25, 0.3) is 0 Å². The molecule has 0 saturated carbocycles. The minimum Gasteiger partial charge on any atom is -0.378 e. The van der Waals surface area contributed by atoms with Gasteiger partial charge in [0.05, 0.1) is 13.2 Å². The summed E-state index contributed by atoms with van der Waals surface area (Å²) in [7, 11) is 2.20. The van der Waals surface area contributed by atoms with Crippen LogP contribution in [0.25, 0.3) is 0 Å². The van der Waals surface area contributed by atoms with Gasteiger partial charge >= 0.3 is 0 Å². The SMILES string of the molecule is CN1CCNCC1C1COCCN1. The number of rotatable bonds is 1. The van der Waals surface area contributed by atoms with Crippen molar-refractivity contribution in [2.24, 2.45) is 0 Å². The molecule has 2 aliphatic rings. The Morgan fingerprint density at radius 2 is 2.31 bits per heavy atom. The maximum atomic E-state index is 5.47. The van der Waals surface area contributed by atoms with Gasteiger partial charge < -0.3 is 15.4 Å². The molecule has 2 unspecified atom stereocenters. The Hall–Kier alpha value is -0.160. The lowest BCUT2D eigenvalue weighted by Crippen LogP contribution is -2.61. The average Bonchev–Trinajstić information content (AvgIpc) is 2.20. The van der Waals surface area contributed by atoms with Crippen molar-refractivity contribution in [2.45, 2.75) is 12.1 Å². The van der Waals surface area contributed by atoms with Crippen LogP contribution in [-0.2, 0) is 4.74 Å². The van der Waals surface area contributed by atoms with Gasteiger partial charge in [0, 0.05) is 38.3 Å². The van der Waals surface area contributed by atoms with E-state index in [2.05, 4.69) is 22.6 Å². The molecule has 2 heterocycles. The molecule has 2 aliphatic heterocycles. The highest BCUT2D eigenvalue weighted by molar-refractivity contribution is 4.89. The van der Waals surface area contributed by atoms with Gasteiger partial charge in [-0.25, -0.2) is 0 Å². The number of nitrogens with zero attached hydrogens (tertiary/aromatic N) is 1. The summed E-state index contributed by atoms with van der Waals surface area (Å²) >= 11 is 0. The number of likely N-dealkylation sites (N-methyl/N-ethyl adjacent to an activating group) is 1. The van der Waals surface area contributed by atoms with Gasteiger partial charge in [0.2, 0.25) is 0 Å². The van der Waals surface area contributed by atoms with Crippen LogP contribution in [0.5, 0.6) is 0 Å². The molecule has 2 atom stereocenters. The second-order valence-corrected chi connectivity index (χ2v) is 3.89. The summed E-state index contributed by atoms with van der Waals surface area (Å²) in [6.45, 7) is 6.05. The number of morpholine rings is 1. The highest BCUT2D eigenvalue weighted by Crippen LogP contribution is 2.07. The van der Waals surface area contributed by atoms with Crippen molar-refractivity contribution >= 4 is 0 Å². The quantitative estimate of drug-likeness (QED) is 0.542. The fourth-order valence-electron chi connectivity index (χ4n) is 2.11. The fraction of sp³-hybridized carbons (Fsp3) is 1.00. The topological polar surface area (TPSA) is 36.5 Å². The molecule has 0 aromatic carbocycles. The van der Waals surface area contributed by atoms with Crippen molar-refractivity contribution in [1.29, 1.82) is 0 Å². The summed E-state index contributed by atoms with van der Waals surface area (Å²) in [5.41, 5.74) is 0. The van der Waals surface area contributed by atoms with Gasteiger partial charge in [0.15, 0.2) is 0 Å². The number of hydrogen-bond donors (Lipinski definition) is 2. The van der Waals surface area contributed by atoms with Crippen LogP contribution in [0.3, 0.4) is 0 Å². The van der Waals surface area contributed by atoms with Gasteiger partial charge in [-0.05, 0) is 7.05 Å². The van der Waals surface area contributed by atoms with Gasteiger partial charge in [-0.1, -0.05) is 0 Å². The molecular formula is C9H19N3O. The standard InChI is InChI=1S/C9H19N3O/c1-12-4-2-10-6-9(12)8-7-13-5-3-11-8/h8-11H,2-7H2,1H3. The summed E-state index contributed by atoms with van der Waals surface area (Å²) < 4.78 is 5.47. The first-order chi connectivity index (χ1) is 6.38. The highest BCUT2D eigenvalue weighted by Gasteiger charge is 2.28. The molecule has 0 spiro atoms. The molecule has 4 heteroatoms. The van der Waals surface area contributed by atoms with Gasteiger partial charge in [-0.2, -0.15) is 0 Å². The minimum absolute atomic E-state index is 0.506. The molecule has 0 aromatic rings. The summed E-state index contributed by atoms with van der Waals surface area (Å²) in [6.07, 6.45) is 0. The molecule has 13 heavy (non-hydrogen) atoms. The maximum Gasteiger partial charge on any atom is 0.0636 e. The van der Waals surface area contributed by atoms with E-state index in [1.54, 1.807) is 0 Å². The molecule has 4 nitrogen and oxygen atoms in total. The molecule has 2 fully saturated rings. The van der Waals surface area contributed by atoms with E-state index in [0.29, 0.717) is 12.1 Å². The number of hydrogen-bond acceptors (Lipinski definition) is 4. The van der Waals surface area contributed by atoms with Crippen molar-refractivity contribution in [3.63, 3.8) is 0 Å². The van der Waals surface area contributed by atoms with E-state index in [9.17, 15) is 0 Å². The molecule has 0 bridgehead atoms. The number of nitrogens with one attached hydrogen (secondary N) is 2. The summed E-state index contributed by atoms with van der Waals surface area (Å²) in [5, 5.41) is 6.94. The van der Waals surface area contributed by atoms with Crippen molar-refractivity contribution in [2.75, 3.05) is 46.4 Å². The van der Waals surface area contributed by atoms with Crippen LogP contribution in [0.15, 0.2) is 0 Å². The lowest BCUT2D eigenvalue weighted by atomic mass is 10.1. The third-order valence-corrected chi connectivity index (χ3v) is 2.98. The van der Waals surface area contributed by atoms with Crippen molar-refractivity contribution in [3.05, 3.63) is 0 Å². The first-order valence-electron chi connectivity index (χ1n) is 5.10. The third kappa shape index (κ3) is 2.20. The van der Waals surface area contributed by atoms with Crippen molar-refractivity contribution in [1.82, 2.24) is 15.5 Å². The Balaban J connectivity index is 1.88. The van der Waals surface area contributed by atoms with E-state index in [-0.39, 0.29) is 0 Å². The smallest absolute Gasteiger partial charge is 0.0636 e. The van der Waals surface area contributed by atoms with Crippen LogP contribution in [0.4, 0.5) is 0 Å². The lowest BCUT2D eigenvalue weighted by Gasteiger charge is -2.40. The van der Waals surface area contributed by atoms with E-state index >= 15 is 0 Å². The molecule has 0 amide bonds. The predicted molar refractivity (Wildman–Crippen MR) is 51.9 cm³/mol. The fourth-order valence-corrected chi connectivity index (χ4v) is 2.11. The van der Waals surface area contributed by atoms with E-state index in [0.717, 1.165) is 39.4 Å². The molecule has 2 saturated heterocycles. The summed E-state index contributed by atoms with van der Waals surface area (Å²) in [5.74, 6) is 0. The van der Waals surface area contributed by atoms with Crippen LogP contribution in [-0.4, -0.2) is 63.4 Å². The predicted octanol–water partition coefficient (Wildman–Crippen LogP) is -1.12. The van der Waals surface area contributed by atoms with Gasteiger partial charge in [0.1, 0.15) is 0 Å². The summed E-state index contributed by atoms with van der Waals surface area (Å²) in [6, 6.07) is 1.10. The van der Waals surface area contributed by atoms with Crippen LogP contribution in [0, 0.1) is 0 Å². The Bertz CT molecular complexity index is 159. The molecule has 2 N–H and O–H groups in total. The Morgan fingerprint density at radius 3 is 3.00 bits per heavy atom. The molecule has 0 radical (unpaired) electrons. The minimum atomic E-state index is 0.506. The Morgan fingerprint density at radius 1 is 1.38 bits per heavy atom. The van der Waals surface area contributed by atoms with E-state index in [4.69, 9.17) is 4.74 Å². The first kappa shape index (κ1) is 9.40. The monoisotopic (exact) mass is 185 g/mol. The van der Waals surface area contributed by atoms with Gasteiger partial charge in [-0.3, -0.25) is 4.90 Å². The van der Waals surface area contributed by atoms with E-state index in [1.807, 2.05) is 0 Å². The zero-order valence-electron chi connectivity index (χ0n) is 8.25. The molecule has 0 aromatic heterocycles. The lowest BCUT2D eigenvalue weighted by molar-refractivity contribution is 0.0349. The third-order valence-electron chi connectivity index (χ3n) is 2.98. The van der Waals surface area contributed by atoms with Crippen LogP contribution in [0.2, 0.25) is 0 Å². The zero-order chi connectivity index (χ0) is 9.10. The second-order valence-electron chi connectivity index (χ2n) is 3.89. The highest BCUT2D eigenvalue weighted by atomic mass is 16.5. The largest absolute Gasteiger partial charge is 0.378 e. The second kappa shape index (κ2) is 4.37. The first-order valence-corrected chi connectivity index (χ1v) is 5.10. The summed E-state index contributed by atoms with van der Waals surface area (Å²) in [4.78, 5) is 2.42. The van der Waals surface area contributed by atoms with E-state index < -0.39 is 0 Å². The van der Waals surface area contributed by atoms with Crippen molar-refractivity contribution in [3.8, 4) is 0 Å². The number of piperazine rings is 1.